The van der Waals surface area contributed by atoms with Crippen molar-refractivity contribution in [3.63, 3.8) is 0 Å². The Balaban J connectivity index is 2.57. The minimum Gasteiger partial charge on any atom is -0.271 e. The third-order valence-electron chi connectivity index (χ3n) is 2.68. The molecule has 17 heavy (non-hydrogen) atoms. The molecule has 0 aliphatic heterocycles. The molecule has 0 aromatic heterocycles. The topological polar surface area (TPSA) is 38.0 Å². The molecule has 1 atom stereocenters. The lowest BCUT2D eigenvalue weighted by Gasteiger charge is -2.15. The molecule has 0 saturated heterocycles. The second kappa shape index (κ2) is 7.14. The Bertz CT molecular complexity index is 366. The first-order chi connectivity index (χ1) is 8.17. The van der Waals surface area contributed by atoms with E-state index in [1.165, 1.54) is 12.1 Å². The quantitative estimate of drug-likeness (QED) is 0.333. The summed E-state index contributed by atoms with van der Waals surface area (Å²) in [6.45, 7) is 3.64. The highest BCUT2D eigenvalue weighted by atomic mass is 19.1. The van der Waals surface area contributed by atoms with Crippen LogP contribution in [-0.4, -0.2) is 6.04 Å². The van der Waals surface area contributed by atoms with Gasteiger partial charge in [0.2, 0.25) is 0 Å². The van der Waals surface area contributed by atoms with E-state index in [0.717, 1.165) is 25.3 Å². The number of nitrogens with one attached hydrogen (secondary N) is 1. The number of benzene rings is 1. The summed E-state index contributed by atoms with van der Waals surface area (Å²) in [7, 11) is 0. The van der Waals surface area contributed by atoms with Gasteiger partial charge in [-0.05, 0) is 37.3 Å². The molecule has 1 rings (SSSR count). The molecule has 1 aromatic carbocycles. The summed E-state index contributed by atoms with van der Waals surface area (Å²) in [5, 5.41) is 0. The van der Waals surface area contributed by atoms with Crippen molar-refractivity contribution in [1.29, 1.82) is 0 Å². The van der Waals surface area contributed by atoms with Crippen LogP contribution in [-0.2, 0) is 6.42 Å². The molecule has 2 nitrogen and oxygen atoms in total. The highest BCUT2D eigenvalue weighted by Crippen LogP contribution is 2.14. The Kier molecular flexibility index (Phi) is 5.80. The van der Waals surface area contributed by atoms with Gasteiger partial charge >= 0.3 is 0 Å². The van der Waals surface area contributed by atoms with Crippen molar-refractivity contribution in [1.82, 2.24) is 5.43 Å². The van der Waals surface area contributed by atoms with E-state index >= 15 is 0 Å². The summed E-state index contributed by atoms with van der Waals surface area (Å²) >= 11 is 0. The molecule has 1 unspecified atom stereocenters. The monoisotopic (exact) mass is 240 g/mol. The summed E-state index contributed by atoms with van der Waals surface area (Å²) < 4.78 is 26.1. The maximum Gasteiger partial charge on any atom is 0.129 e. The average Bonchev–Trinajstić information content (AvgIpc) is 2.31. The normalized spacial score (nSPS) is 12.4. The van der Waals surface area contributed by atoms with Crippen molar-refractivity contribution in [3.8, 4) is 0 Å². The van der Waals surface area contributed by atoms with Gasteiger partial charge in [-0.15, -0.1) is 6.58 Å². The van der Waals surface area contributed by atoms with E-state index in [4.69, 9.17) is 5.84 Å². The van der Waals surface area contributed by atoms with Crippen molar-refractivity contribution in [3.05, 3.63) is 48.1 Å². The number of hydrazine groups is 1. The highest BCUT2D eigenvalue weighted by Gasteiger charge is 2.11. The first-order valence-corrected chi connectivity index (χ1v) is 5.68. The molecule has 0 radical (unpaired) electrons. The standard InChI is InChI=1S/C13H18F2N2/c1-2-3-4-5-12(17-16)8-10-6-7-11(14)9-13(10)15/h2,6-7,9,12,17H,1,3-5,8,16H2. The zero-order valence-electron chi connectivity index (χ0n) is 9.76. The predicted molar refractivity (Wildman–Crippen MR) is 65.2 cm³/mol. The van der Waals surface area contributed by atoms with Gasteiger partial charge in [0, 0.05) is 12.1 Å². The SMILES string of the molecule is C=CCCCC(Cc1ccc(F)cc1F)NN. The fourth-order valence-corrected chi connectivity index (χ4v) is 1.71. The number of unbranched alkanes of at least 4 members (excludes halogenated alkanes) is 1. The largest absolute Gasteiger partial charge is 0.271 e. The number of halogens is 2. The van der Waals surface area contributed by atoms with E-state index in [0.29, 0.717) is 12.0 Å². The van der Waals surface area contributed by atoms with Gasteiger partial charge in [0.15, 0.2) is 0 Å². The first-order valence-electron chi connectivity index (χ1n) is 5.68. The fourth-order valence-electron chi connectivity index (χ4n) is 1.71. The third kappa shape index (κ3) is 4.63. The van der Waals surface area contributed by atoms with Crippen LogP contribution in [0.2, 0.25) is 0 Å². The van der Waals surface area contributed by atoms with Crippen LogP contribution in [0.25, 0.3) is 0 Å². The second-order valence-electron chi connectivity index (χ2n) is 4.02. The summed E-state index contributed by atoms with van der Waals surface area (Å²) in [5.41, 5.74) is 3.14. The van der Waals surface area contributed by atoms with Gasteiger partial charge in [-0.1, -0.05) is 12.1 Å². The van der Waals surface area contributed by atoms with E-state index in [1.807, 2.05) is 6.08 Å². The van der Waals surface area contributed by atoms with Gasteiger partial charge < -0.3 is 0 Å². The van der Waals surface area contributed by atoms with Crippen LogP contribution in [0.4, 0.5) is 8.78 Å². The number of rotatable bonds is 7. The fraction of sp³-hybridized carbons (Fsp3) is 0.385. The first kappa shape index (κ1) is 13.8. The Morgan fingerprint density at radius 3 is 2.76 bits per heavy atom. The number of hydrogen-bond donors (Lipinski definition) is 2. The van der Waals surface area contributed by atoms with Crippen LogP contribution in [0.5, 0.6) is 0 Å². The van der Waals surface area contributed by atoms with Gasteiger partial charge in [0.25, 0.3) is 0 Å². The van der Waals surface area contributed by atoms with Crippen LogP contribution >= 0.6 is 0 Å². The van der Waals surface area contributed by atoms with Gasteiger partial charge in [-0.2, -0.15) is 0 Å². The van der Waals surface area contributed by atoms with Gasteiger partial charge in [0.05, 0.1) is 0 Å². The van der Waals surface area contributed by atoms with Crippen molar-refractivity contribution in [2.75, 3.05) is 0 Å². The van der Waals surface area contributed by atoms with E-state index in [9.17, 15) is 8.78 Å². The Morgan fingerprint density at radius 1 is 1.41 bits per heavy atom. The van der Waals surface area contributed by atoms with Crippen molar-refractivity contribution < 1.29 is 8.78 Å². The smallest absolute Gasteiger partial charge is 0.129 e. The molecule has 0 aliphatic rings. The second-order valence-corrected chi connectivity index (χ2v) is 4.02. The molecule has 0 bridgehead atoms. The van der Waals surface area contributed by atoms with Crippen LogP contribution in [0, 0.1) is 11.6 Å². The minimum atomic E-state index is -0.560. The van der Waals surface area contributed by atoms with Gasteiger partial charge in [0.1, 0.15) is 11.6 Å². The van der Waals surface area contributed by atoms with Crippen molar-refractivity contribution in [2.24, 2.45) is 5.84 Å². The molecule has 0 aliphatic carbocycles. The average molecular weight is 240 g/mol. The lowest BCUT2D eigenvalue weighted by molar-refractivity contribution is 0.467. The van der Waals surface area contributed by atoms with E-state index in [2.05, 4.69) is 12.0 Å². The van der Waals surface area contributed by atoms with Gasteiger partial charge in [-0.25, -0.2) is 8.78 Å². The number of hydrogen-bond acceptors (Lipinski definition) is 2. The van der Waals surface area contributed by atoms with Crippen molar-refractivity contribution in [2.45, 2.75) is 31.7 Å². The molecular weight excluding hydrogens is 222 g/mol. The Hall–Kier alpha value is -1.26. The Labute approximate surface area is 100 Å². The summed E-state index contributed by atoms with van der Waals surface area (Å²) in [6.07, 6.45) is 4.98. The minimum absolute atomic E-state index is 0.00471. The molecule has 1 aromatic rings. The van der Waals surface area contributed by atoms with Crippen LogP contribution in [0.15, 0.2) is 30.9 Å². The van der Waals surface area contributed by atoms with E-state index in [1.54, 1.807) is 0 Å². The molecular formula is C13H18F2N2. The molecule has 0 amide bonds. The highest BCUT2D eigenvalue weighted by molar-refractivity contribution is 5.19. The number of allylic oxidation sites excluding steroid dienone is 1. The predicted octanol–water partition coefficient (Wildman–Crippen LogP) is 2.70. The summed E-state index contributed by atoms with van der Waals surface area (Å²) in [6, 6.07) is 3.61. The summed E-state index contributed by atoms with van der Waals surface area (Å²) in [4.78, 5) is 0. The molecule has 0 heterocycles. The molecule has 0 spiro atoms. The number of nitrogens with two attached hydrogens (primary N) is 1. The maximum absolute atomic E-state index is 13.4. The zero-order valence-corrected chi connectivity index (χ0v) is 9.76. The molecule has 94 valence electrons. The molecule has 0 fully saturated rings. The summed E-state index contributed by atoms with van der Waals surface area (Å²) in [5.74, 6) is 4.33. The molecule has 0 saturated carbocycles. The third-order valence-corrected chi connectivity index (χ3v) is 2.68. The molecule has 4 heteroatoms. The van der Waals surface area contributed by atoms with E-state index < -0.39 is 11.6 Å². The van der Waals surface area contributed by atoms with Crippen molar-refractivity contribution >= 4 is 0 Å². The lowest BCUT2D eigenvalue weighted by Crippen LogP contribution is -2.36. The van der Waals surface area contributed by atoms with Gasteiger partial charge in [-0.3, -0.25) is 11.3 Å². The lowest BCUT2D eigenvalue weighted by atomic mass is 10.0. The van der Waals surface area contributed by atoms with E-state index in [-0.39, 0.29) is 6.04 Å². The Morgan fingerprint density at radius 2 is 2.18 bits per heavy atom. The van der Waals surface area contributed by atoms with Crippen LogP contribution in [0.3, 0.4) is 0 Å². The van der Waals surface area contributed by atoms with Crippen LogP contribution in [0.1, 0.15) is 24.8 Å². The maximum atomic E-state index is 13.4. The van der Waals surface area contributed by atoms with Crippen LogP contribution < -0.4 is 11.3 Å². The molecule has 3 N–H and O–H groups in total. The zero-order chi connectivity index (χ0) is 12.7.